The number of carbonyl (C=O) groups is 1. The minimum absolute atomic E-state index is 0.00150. The average Bonchev–Trinajstić information content (AvgIpc) is 2.76. The van der Waals surface area contributed by atoms with Crippen LogP contribution in [0.4, 0.5) is 8.78 Å². The lowest BCUT2D eigenvalue weighted by atomic mass is 9.86. The molecular weight excluding hydrogens is 454 g/mol. The second-order valence-electron chi connectivity index (χ2n) is 8.61. The van der Waals surface area contributed by atoms with Gasteiger partial charge in [0.05, 0.1) is 6.61 Å². The minimum atomic E-state index is -0.720. The van der Waals surface area contributed by atoms with Crippen LogP contribution in [0.5, 0.6) is 5.75 Å². The van der Waals surface area contributed by atoms with E-state index in [0.29, 0.717) is 12.8 Å². The van der Waals surface area contributed by atoms with Crippen molar-refractivity contribution >= 4 is 29.5 Å². The summed E-state index contributed by atoms with van der Waals surface area (Å²) in [6.45, 7) is 5.70. The lowest BCUT2D eigenvalue weighted by Crippen LogP contribution is -2.47. The Morgan fingerprint density at radius 2 is 1.78 bits per heavy atom. The fourth-order valence-electron chi connectivity index (χ4n) is 3.54. The second kappa shape index (κ2) is 11.3. The van der Waals surface area contributed by atoms with Gasteiger partial charge in [-0.05, 0) is 74.0 Å². The van der Waals surface area contributed by atoms with Crippen molar-refractivity contribution in [3.8, 4) is 5.75 Å². The summed E-state index contributed by atoms with van der Waals surface area (Å²) in [5.41, 5.74) is -0.591. The number of benzene rings is 2. The van der Waals surface area contributed by atoms with Crippen LogP contribution in [0.15, 0.2) is 47.4 Å². The SMILES string of the molecule is CC(C)(CCCOc1c(F)cccc1F)C(=O)NC1CCN(Sc2ccc(Cl)cc2)CC1. The normalized spacial score (nSPS) is 15.5. The van der Waals surface area contributed by atoms with E-state index in [1.165, 1.54) is 6.07 Å². The molecule has 174 valence electrons. The fourth-order valence-corrected chi connectivity index (χ4v) is 4.61. The van der Waals surface area contributed by atoms with E-state index in [4.69, 9.17) is 16.3 Å². The molecule has 0 saturated carbocycles. The first-order chi connectivity index (χ1) is 15.2. The Labute approximate surface area is 197 Å². The van der Waals surface area contributed by atoms with Gasteiger partial charge in [-0.15, -0.1) is 0 Å². The van der Waals surface area contributed by atoms with Gasteiger partial charge in [0, 0.05) is 34.5 Å². The van der Waals surface area contributed by atoms with Crippen LogP contribution in [0.1, 0.15) is 39.5 Å². The predicted octanol–water partition coefficient (Wildman–Crippen LogP) is 6.09. The molecule has 1 aliphatic heterocycles. The molecule has 8 heteroatoms. The third-order valence-electron chi connectivity index (χ3n) is 5.56. The number of nitrogens with zero attached hydrogens (tertiary/aromatic N) is 1. The molecule has 1 saturated heterocycles. The molecule has 1 aliphatic rings. The lowest BCUT2D eigenvalue weighted by Gasteiger charge is -2.33. The first kappa shape index (κ1) is 24.8. The number of hydrogen-bond donors (Lipinski definition) is 1. The highest BCUT2D eigenvalue weighted by Gasteiger charge is 2.30. The molecule has 32 heavy (non-hydrogen) atoms. The first-order valence-corrected chi connectivity index (χ1v) is 12.0. The molecule has 1 heterocycles. The largest absolute Gasteiger partial charge is 0.488 e. The van der Waals surface area contributed by atoms with Crippen molar-refractivity contribution in [3.63, 3.8) is 0 Å². The van der Waals surface area contributed by atoms with Crippen molar-refractivity contribution in [2.75, 3.05) is 19.7 Å². The van der Waals surface area contributed by atoms with Crippen LogP contribution >= 0.6 is 23.5 Å². The Balaban J connectivity index is 1.38. The van der Waals surface area contributed by atoms with Gasteiger partial charge in [0.2, 0.25) is 5.91 Å². The van der Waals surface area contributed by atoms with E-state index < -0.39 is 17.0 Å². The number of halogens is 3. The van der Waals surface area contributed by atoms with Crippen LogP contribution in [0, 0.1) is 17.0 Å². The molecule has 0 unspecified atom stereocenters. The molecule has 0 atom stereocenters. The van der Waals surface area contributed by atoms with Crippen LogP contribution < -0.4 is 10.1 Å². The van der Waals surface area contributed by atoms with Crippen LogP contribution in [0.2, 0.25) is 5.02 Å². The molecule has 4 nitrogen and oxygen atoms in total. The molecule has 0 radical (unpaired) electrons. The topological polar surface area (TPSA) is 41.6 Å². The monoisotopic (exact) mass is 482 g/mol. The summed E-state index contributed by atoms with van der Waals surface area (Å²) in [7, 11) is 0. The van der Waals surface area contributed by atoms with Crippen LogP contribution in [0.3, 0.4) is 0 Å². The number of carbonyl (C=O) groups excluding carboxylic acids is 1. The van der Waals surface area contributed by atoms with Gasteiger partial charge in [-0.25, -0.2) is 13.1 Å². The average molecular weight is 483 g/mol. The molecule has 2 aromatic carbocycles. The van der Waals surface area contributed by atoms with Crippen molar-refractivity contribution < 1.29 is 18.3 Å². The van der Waals surface area contributed by atoms with Crippen molar-refractivity contribution in [2.45, 2.75) is 50.5 Å². The van der Waals surface area contributed by atoms with Crippen LogP contribution in [-0.4, -0.2) is 36.0 Å². The molecule has 0 spiro atoms. The van der Waals surface area contributed by atoms with E-state index in [9.17, 15) is 13.6 Å². The van der Waals surface area contributed by atoms with Crippen LogP contribution in [-0.2, 0) is 4.79 Å². The Kier molecular flexibility index (Phi) is 8.79. The molecule has 0 bridgehead atoms. The highest BCUT2D eigenvalue weighted by Crippen LogP contribution is 2.29. The Hall–Kier alpha value is -1.83. The standard InChI is InChI=1S/C24H29ClF2N2O2S/c1-24(2,13-4-16-31-22-20(26)5-3-6-21(22)27)23(30)28-18-11-14-29(15-12-18)32-19-9-7-17(25)8-10-19/h3,5-10,18H,4,11-16H2,1-2H3,(H,28,30). The Bertz CT molecular complexity index is 883. The van der Waals surface area contributed by atoms with Crippen molar-refractivity contribution in [2.24, 2.45) is 5.41 Å². The molecule has 2 aromatic rings. The molecule has 3 rings (SSSR count). The van der Waals surface area contributed by atoms with Gasteiger partial charge >= 0.3 is 0 Å². The number of ether oxygens (including phenoxy) is 1. The van der Waals surface area contributed by atoms with Gasteiger partial charge in [-0.2, -0.15) is 0 Å². The summed E-state index contributed by atoms with van der Waals surface area (Å²) in [4.78, 5) is 14.0. The van der Waals surface area contributed by atoms with Crippen molar-refractivity contribution in [1.29, 1.82) is 0 Å². The fraction of sp³-hybridized carbons (Fsp3) is 0.458. The van der Waals surface area contributed by atoms with Gasteiger partial charge in [0.1, 0.15) is 0 Å². The van der Waals surface area contributed by atoms with Gasteiger partial charge in [0.15, 0.2) is 17.4 Å². The zero-order valence-corrected chi connectivity index (χ0v) is 19.9. The summed E-state index contributed by atoms with van der Waals surface area (Å²) in [5, 5.41) is 3.90. The maximum Gasteiger partial charge on any atom is 0.225 e. The summed E-state index contributed by atoms with van der Waals surface area (Å²) in [5.74, 6) is -1.80. The maximum atomic E-state index is 13.6. The number of rotatable bonds is 9. The quantitative estimate of drug-likeness (QED) is 0.347. The lowest BCUT2D eigenvalue weighted by molar-refractivity contribution is -0.130. The third-order valence-corrected chi connectivity index (χ3v) is 6.92. The highest BCUT2D eigenvalue weighted by molar-refractivity contribution is 7.97. The van der Waals surface area contributed by atoms with E-state index in [-0.39, 0.29) is 24.3 Å². The zero-order chi connectivity index (χ0) is 23.1. The summed E-state index contributed by atoms with van der Waals surface area (Å²) in [6.07, 6.45) is 2.85. The number of para-hydroxylation sites is 1. The molecular formula is C24H29ClF2N2O2S. The third kappa shape index (κ3) is 7.09. The van der Waals surface area contributed by atoms with E-state index in [1.807, 2.05) is 38.1 Å². The molecule has 1 amide bonds. The second-order valence-corrected chi connectivity index (χ2v) is 10.2. The molecule has 0 aliphatic carbocycles. The number of hydrogen-bond acceptors (Lipinski definition) is 4. The number of amides is 1. The highest BCUT2D eigenvalue weighted by atomic mass is 35.5. The number of piperidine rings is 1. The summed E-state index contributed by atoms with van der Waals surface area (Å²) in [6, 6.07) is 11.6. The van der Waals surface area contributed by atoms with Gasteiger partial charge in [-0.1, -0.05) is 31.5 Å². The molecule has 0 aromatic heterocycles. The van der Waals surface area contributed by atoms with E-state index in [1.54, 1.807) is 11.9 Å². The molecule has 1 N–H and O–H groups in total. The summed E-state index contributed by atoms with van der Waals surface area (Å²) < 4.78 is 34.8. The maximum absolute atomic E-state index is 13.6. The Morgan fingerprint density at radius 3 is 2.41 bits per heavy atom. The van der Waals surface area contributed by atoms with Crippen LogP contribution in [0.25, 0.3) is 0 Å². The molecule has 1 fully saturated rings. The zero-order valence-electron chi connectivity index (χ0n) is 18.4. The van der Waals surface area contributed by atoms with Crippen molar-refractivity contribution in [1.82, 2.24) is 9.62 Å². The van der Waals surface area contributed by atoms with Gasteiger partial charge in [0.25, 0.3) is 0 Å². The predicted molar refractivity (Wildman–Crippen MR) is 125 cm³/mol. The number of nitrogens with one attached hydrogen (secondary N) is 1. The minimum Gasteiger partial charge on any atom is -0.488 e. The van der Waals surface area contributed by atoms with Crippen molar-refractivity contribution in [3.05, 3.63) is 59.1 Å². The Morgan fingerprint density at radius 1 is 1.16 bits per heavy atom. The van der Waals surface area contributed by atoms with E-state index in [0.717, 1.165) is 48.0 Å². The van der Waals surface area contributed by atoms with Gasteiger partial charge in [-0.3, -0.25) is 4.79 Å². The van der Waals surface area contributed by atoms with Gasteiger partial charge < -0.3 is 10.1 Å². The van der Waals surface area contributed by atoms with E-state index >= 15 is 0 Å². The van der Waals surface area contributed by atoms with E-state index in [2.05, 4.69) is 9.62 Å². The summed E-state index contributed by atoms with van der Waals surface area (Å²) >= 11 is 7.65. The first-order valence-electron chi connectivity index (χ1n) is 10.8. The smallest absolute Gasteiger partial charge is 0.225 e.